The van der Waals surface area contributed by atoms with E-state index in [0.29, 0.717) is 0 Å². The summed E-state index contributed by atoms with van der Waals surface area (Å²) in [6, 6.07) is 14.8. The number of nitrogens with one attached hydrogen (secondary N) is 1. The second-order valence-corrected chi connectivity index (χ2v) is 10.8. The minimum atomic E-state index is -1.50. The Bertz CT molecular complexity index is 720. The number of hydrogen-bond donors (Lipinski definition) is 1. The number of rotatable bonds is 2. The zero-order valence-electron chi connectivity index (χ0n) is 11.4. The van der Waals surface area contributed by atoms with Crippen molar-refractivity contribution in [2.45, 2.75) is 19.6 Å². The summed E-state index contributed by atoms with van der Waals surface area (Å²) in [7, 11) is -1.50. The van der Waals surface area contributed by atoms with Crippen LogP contribution < -0.4 is 5.32 Å². The summed E-state index contributed by atoms with van der Waals surface area (Å²) >= 11 is 0. The highest BCUT2D eigenvalue weighted by atomic mass is 28.3. The summed E-state index contributed by atoms with van der Waals surface area (Å²) < 4.78 is 0. The Morgan fingerprint density at radius 3 is 2.42 bits per heavy atom. The molecule has 2 aromatic carbocycles. The third-order valence-corrected chi connectivity index (χ3v) is 5.07. The normalized spacial score (nSPS) is 11.9. The van der Waals surface area contributed by atoms with Gasteiger partial charge in [0.2, 0.25) is 0 Å². The molecule has 0 atom stereocenters. The molecule has 1 heterocycles. The average Bonchev–Trinajstić information content (AvgIpc) is 2.87. The van der Waals surface area contributed by atoms with Gasteiger partial charge in [-0.05, 0) is 10.8 Å². The minimum Gasteiger partial charge on any atom is -0.198 e. The van der Waals surface area contributed by atoms with Gasteiger partial charge in [0.05, 0.1) is 5.32 Å². The molecule has 3 nitrogen and oxygen atoms in total. The molecule has 0 saturated carbocycles. The van der Waals surface area contributed by atoms with Gasteiger partial charge in [0.15, 0.2) is 0 Å². The van der Waals surface area contributed by atoms with Crippen molar-refractivity contribution in [2.75, 3.05) is 0 Å². The molecule has 0 unspecified atom stereocenters. The van der Waals surface area contributed by atoms with Crippen LogP contribution in [0.2, 0.25) is 19.6 Å². The van der Waals surface area contributed by atoms with Crippen molar-refractivity contribution in [3.8, 4) is 11.3 Å². The predicted octanol–water partition coefficient (Wildman–Crippen LogP) is 3.17. The summed E-state index contributed by atoms with van der Waals surface area (Å²) in [5.41, 5.74) is 2.18. The number of nitrogens with zero attached hydrogens (tertiary/aromatic N) is 2. The topological polar surface area (TPSA) is 41.6 Å². The molecule has 1 N–H and O–H groups in total. The van der Waals surface area contributed by atoms with Gasteiger partial charge in [0, 0.05) is 5.56 Å². The van der Waals surface area contributed by atoms with E-state index < -0.39 is 8.07 Å². The lowest BCUT2D eigenvalue weighted by atomic mass is 10.0. The van der Waals surface area contributed by atoms with E-state index in [9.17, 15) is 0 Å². The standard InChI is InChI=1S/C15H17N3Si/c1-19(2,3)15-14(16-18-17-15)13-10-6-8-11-7-4-5-9-12(11)13/h4-10H,1-3H3,(H,16,17,18). The lowest BCUT2D eigenvalue weighted by Gasteiger charge is -2.14. The number of aromatic amines is 1. The zero-order chi connectivity index (χ0) is 13.5. The van der Waals surface area contributed by atoms with Crippen LogP contribution in [-0.2, 0) is 0 Å². The second kappa shape index (κ2) is 4.31. The maximum absolute atomic E-state index is 4.40. The van der Waals surface area contributed by atoms with Gasteiger partial charge in [-0.3, -0.25) is 0 Å². The van der Waals surface area contributed by atoms with E-state index in [1.165, 1.54) is 16.3 Å². The summed E-state index contributed by atoms with van der Waals surface area (Å²) in [6.07, 6.45) is 0. The van der Waals surface area contributed by atoms with Crippen LogP contribution in [0.1, 0.15) is 0 Å². The fourth-order valence-corrected chi connectivity index (χ4v) is 3.66. The molecule has 4 heteroatoms. The minimum absolute atomic E-state index is 1.01. The summed E-state index contributed by atoms with van der Waals surface area (Å²) in [5.74, 6) is 0. The predicted molar refractivity (Wildman–Crippen MR) is 82.3 cm³/mol. The molecule has 3 aromatic rings. The number of H-pyrrole nitrogens is 1. The lowest BCUT2D eigenvalue weighted by molar-refractivity contribution is 0.948. The molecule has 0 bridgehead atoms. The smallest absolute Gasteiger partial charge is 0.112 e. The van der Waals surface area contributed by atoms with Gasteiger partial charge in [-0.2, -0.15) is 15.4 Å². The maximum atomic E-state index is 4.40. The van der Waals surface area contributed by atoms with Gasteiger partial charge >= 0.3 is 0 Å². The van der Waals surface area contributed by atoms with Crippen molar-refractivity contribution in [3.63, 3.8) is 0 Å². The number of fused-ring (bicyclic) bond motifs is 1. The Balaban J connectivity index is 2.29. The highest BCUT2D eigenvalue weighted by Crippen LogP contribution is 2.26. The average molecular weight is 267 g/mol. The zero-order valence-corrected chi connectivity index (χ0v) is 12.4. The van der Waals surface area contributed by atoms with Crippen LogP contribution in [0.5, 0.6) is 0 Å². The Kier molecular flexibility index (Phi) is 2.75. The van der Waals surface area contributed by atoms with E-state index in [1.807, 2.05) is 0 Å². The number of benzene rings is 2. The molecular weight excluding hydrogens is 250 g/mol. The fourth-order valence-electron chi connectivity index (χ4n) is 2.37. The van der Waals surface area contributed by atoms with Crippen LogP contribution in [0.4, 0.5) is 0 Å². The molecule has 96 valence electrons. The molecule has 0 fully saturated rings. The second-order valence-electron chi connectivity index (χ2n) is 5.80. The molecule has 0 aliphatic heterocycles. The summed E-state index contributed by atoms with van der Waals surface area (Å²) in [4.78, 5) is 0. The Labute approximate surface area is 113 Å². The van der Waals surface area contributed by atoms with E-state index >= 15 is 0 Å². The van der Waals surface area contributed by atoms with E-state index in [2.05, 4.69) is 77.5 Å². The first-order valence-corrected chi connectivity index (χ1v) is 9.97. The Morgan fingerprint density at radius 1 is 0.895 bits per heavy atom. The van der Waals surface area contributed by atoms with E-state index in [1.54, 1.807) is 0 Å². The van der Waals surface area contributed by atoms with Crippen LogP contribution in [0, 0.1) is 0 Å². The largest absolute Gasteiger partial charge is 0.198 e. The van der Waals surface area contributed by atoms with Crippen LogP contribution in [-0.4, -0.2) is 23.5 Å². The first-order chi connectivity index (χ1) is 9.07. The van der Waals surface area contributed by atoms with Gasteiger partial charge in [0.25, 0.3) is 0 Å². The molecular formula is C15H17N3Si. The fraction of sp³-hybridized carbons (Fsp3) is 0.200. The van der Waals surface area contributed by atoms with E-state index in [0.717, 1.165) is 11.0 Å². The van der Waals surface area contributed by atoms with Gasteiger partial charge < -0.3 is 0 Å². The first kappa shape index (κ1) is 12.1. The lowest BCUT2D eigenvalue weighted by Crippen LogP contribution is -2.40. The maximum Gasteiger partial charge on any atom is 0.112 e. The van der Waals surface area contributed by atoms with Crippen molar-refractivity contribution < 1.29 is 0 Å². The molecule has 3 rings (SSSR count). The highest BCUT2D eigenvalue weighted by molar-refractivity contribution is 6.89. The molecule has 0 spiro atoms. The van der Waals surface area contributed by atoms with Crippen molar-refractivity contribution in [1.29, 1.82) is 0 Å². The van der Waals surface area contributed by atoms with Crippen LogP contribution in [0.15, 0.2) is 42.5 Å². The monoisotopic (exact) mass is 267 g/mol. The van der Waals surface area contributed by atoms with Crippen molar-refractivity contribution in [1.82, 2.24) is 15.4 Å². The summed E-state index contributed by atoms with van der Waals surface area (Å²) in [6.45, 7) is 6.87. The molecule has 0 radical (unpaired) electrons. The SMILES string of the molecule is C[Si](C)(C)c1n[nH]nc1-c1cccc2ccccc12. The number of hydrogen-bond acceptors (Lipinski definition) is 2. The molecule has 19 heavy (non-hydrogen) atoms. The quantitative estimate of drug-likeness (QED) is 0.725. The van der Waals surface area contributed by atoms with Crippen molar-refractivity contribution in [2.24, 2.45) is 0 Å². The van der Waals surface area contributed by atoms with Crippen LogP contribution in [0.3, 0.4) is 0 Å². The van der Waals surface area contributed by atoms with Crippen LogP contribution in [0.25, 0.3) is 22.0 Å². The third kappa shape index (κ3) is 2.08. The van der Waals surface area contributed by atoms with Crippen molar-refractivity contribution in [3.05, 3.63) is 42.5 Å². The van der Waals surface area contributed by atoms with Crippen LogP contribution >= 0.6 is 0 Å². The van der Waals surface area contributed by atoms with E-state index in [-0.39, 0.29) is 0 Å². The highest BCUT2D eigenvalue weighted by Gasteiger charge is 2.25. The Morgan fingerprint density at radius 2 is 1.63 bits per heavy atom. The van der Waals surface area contributed by atoms with E-state index in [4.69, 9.17) is 0 Å². The van der Waals surface area contributed by atoms with Gasteiger partial charge in [-0.25, -0.2) is 0 Å². The first-order valence-electron chi connectivity index (χ1n) is 6.47. The molecule has 0 amide bonds. The third-order valence-electron chi connectivity index (χ3n) is 3.30. The molecule has 0 saturated heterocycles. The van der Waals surface area contributed by atoms with Gasteiger partial charge in [0.1, 0.15) is 13.8 Å². The molecule has 0 aliphatic carbocycles. The Hall–Kier alpha value is -1.94. The summed E-state index contributed by atoms with van der Waals surface area (Å²) in [5, 5.41) is 15.2. The molecule has 1 aromatic heterocycles. The van der Waals surface area contributed by atoms with Gasteiger partial charge in [-0.15, -0.1) is 0 Å². The molecule has 0 aliphatic rings. The van der Waals surface area contributed by atoms with Gasteiger partial charge in [-0.1, -0.05) is 62.1 Å². The van der Waals surface area contributed by atoms with Crippen molar-refractivity contribution >= 4 is 24.2 Å². The number of aromatic nitrogens is 3.